The molecule has 1 N–H and O–H groups in total. The van der Waals surface area contributed by atoms with Gasteiger partial charge in [-0.1, -0.05) is 61.5 Å². The summed E-state index contributed by atoms with van der Waals surface area (Å²) in [5, 5.41) is 43.2. The Kier molecular flexibility index (Phi) is 26.1. The van der Waals surface area contributed by atoms with Gasteiger partial charge in [0.1, 0.15) is 43.1 Å². The second kappa shape index (κ2) is 37.3. The van der Waals surface area contributed by atoms with E-state index in [2.05, 4.69) is 159 Å². The molecule has 122 heavy (non-hydrogen) atoms. The van der Waals surface area contributed by atoms with Gasteiger partial charge in [-0.05, 0) is 176 Å². The van der Waals surface area contributed by atoms with E-state index in [9.17, 15) is 39.7 Å². The number of rotatable bonds is 25. The summed E-state index contributed by atoms with van der Waals surface area (Å²) in [6.45, 7) is 27.3. The van der Waals surface area contributed by atoms with E-state index in [0.717, 1.165) is 100 Å². The quantitative estimate of drug-likeness (QED) is 0.0413. The van der Waals surface area contributed by atoms with E-state index in [1.807, 2.05) is 32.0 Å². The van der Waals surface area contributed by atoms with E-state index in [-0.39, 0.29) is 109 Å². The van der Waals surface area contributed by atoms with E-state index < -0.39 is 12.1 Å². The number of nitriles is 3. The molecule has 0 radical (unpaired) electrons. The van der Waals surface area contributed by atoms with Crippen molar-refractivity contribution in [3.05, 3.63) is 159 Å². The molecule has 4 aromatic carbocycles. The maximum atomic E-state index is 14.8. The number of carbonyl (C=O) groups excluding carboxylic acids is 3. The number of aliphatic hydroxyl groups excluding tert-OH is 1. The Balaban J connectivity index is 0.655. The molecule has 638 valence electrons. The van der Waals surface area contributed by atoms with Crippen molar-refractivity contribution in [3.8, 4) is 48.1 Å². The molecule has 29 heteroatoms. The molecular weight excluding hydrogens is 1540 g/mol. The number of aryl methyl sites for hydroxylation is 2. The molecule has 0 bridgehead atoms. The zero-order valence-electron chi connectivity index (χ0n) is 71.8. The van der Waals surface area contributed by atoms with Crippen molar-refractivity contribution in [2.45, 2.75) is 160 Å². The van der Waals surface area contributed by atoms with E-state index in [0.29, 0.717) is 142 Å². The fourth-order valence-corrected chi connectivity index (χ4v) is 19.8. The van der Waals surface area contributed by atoms with Crippen LogP contribution in [-0.4, -0.2) is 271 Å². The standard InChI is InChI=1S/C93H112FN21O7/c1-12-18-87(119)115-44-41-112(53-68(115)27-34-97)89-76-30-38-109(82-48-63(45-59(4)60(82)5)64-46-69(106(10)49-64)56-120-91-98-62(7)71(28-35-104(8)80-22-17-21-77(94)61(80)6)88(101-91)110-39-42-113(85(117)13-2)66(51-110)25-32-95)55-79(76)99-92(102-89)121-57-70-47-65(50-107(70)11)72-23-24-81(74-20-16-15-19-73(72)74)108-37-29-75-78(54-108)100-93(122-58-83-84(116)31-36-105(83)9)103-90(75)111-40-43-114(86(118)14-3)67(52-111)26-33-96/h13-17,19-24,45,48,64-70,83-84,116H,2-3,25-31,35-44,46-47,49-58H2,1,4-11H3/t64?,65?,66-,67-,68-,69-,70-,83+,84-/m0/s1. The molecule has 11 heterocycles. The summed E-state index contributed by atoms with van der Waals surface area (Å²) >= 11 is 0. The van der Waals surface area contributed by atoms with Crippen molar-refractivity contribution < 1.29 is 38.1 Å². The first-order valence-corrected chi connectivity index (χ1v) is 42.9. The fourth-order valence-electron chi connectivity index (χ4n) is 19.8. The van der Waals surface area contributed by atoms with Gasteiger partial charge in [-0.25, -0.2) is 9.37 Å². The zero-order chi connectivity index (χ0) is 85.7. The predicted molar refractivity (Wildman–Crippen MR) is 467 cm³/mol. The molecule has 6 fully saturated rings. The molecular formula is C93H112FN21O7. The minimum Gasteiger partial charge on any atom is -0.462 e. The normalized spacial score (nSPS) is 22.5. The van der Waals surface area contributed by atoms with Crippen molar-refractivity contribution in [1.82, 2.24) is 59.3 Å². The number of halogens is 1. The number of hydrogen-bond acceptors (Lipinski definition) is 25. The van der Waals surface area contributed by atoms with Gasteiger partial charge in [0, 0.05) is 168 Å². The van der Waals surface area contributed by atoms with Crippen LogP contribution in [0.1, 0.15) is 119 Å². The number of likely N-dealkylation sites (tertiary alicyclic amines) is 3. The van der Waals surface area contributed by atoms with Crippen LogP contribution in [0.25, 0.3) is 10.8 Å². The van der Waals surface area contributed by atoms with Gasteiger partial charge < -0.3 is 63.4 Å². The monoisotopic (exact) mass is 1650 g/mol. The number of anilines is 6. The molecule has 0 aliphatic carbocycles. The third-order valence-corrected chi connectivity index (χ3v) is 26.8. The van der Waals surface area contributed by atoms with Gasteiger partial charge >= 0.3 is 18.0 Å². The first kappa shape index (κ1) is 85.3. The number of hydrogen-bond donors (Lipinski definition) is 1. The van der Waals surface area contributed by atoms with Gasteiger partial charge in [0.05, 0.1) is 92.2 Å². The topological polar surface area (TPSA) is 287 Å². The van der Waals surface area contributed by atoms with Crippen molar-refractivity contribution in [2.24, 2.45) is 0 Å². The second-order valence-corrected chi connectivity index (χ2v) is 34.1. The molecule has 8 aliphatic rings. The SMILES string of the molecule is C=CC(=O)N1CCN(c2nc(OC[C@@H]3CC(c4cc(C)c(C)c(N5CCc6c(nc(OC[C@@H]7CC(c8ccc(N9CCc%10c(nc(OC[C@@H]%11[C@@H](O)CCN%11C)nc%10N%10CCN(C(=O)C=C)[C@@H](CC#N)C%10)C9)c9ccccc89)CN7C)nc6N6CCN(C(=O)C#CC)[C@@H](CC#N)C6)C5)c4)CN3C)nc(C)c2CCN(C)c2cccc(F)c2C)C[C@@H]1CC#N. The number of amides is 3. The lowest BCUT2D eigenvalue weighted by Crippen LogP contribution is -2.55. The first-order valence-electron chi connectivity index (χ1n) is 42.9. The van der Waals surface area contributed by atoms with E-state index in [4.69, 9.17) is 44.1 Å². The van der Waals surface area contributed by atoms with Gasteiger partial charge in [0.15, 0.2) is 0 Å². The molecule has 9 atom stereocenters. The maximum Gasteiger partial charge on any atom is 0.318 e. The Morgan fingerprint density at radius 3 is 1.68 bits per heavy atom. The molecule has 6 saturated heterocycles. The summed E-state index contributed by atoms with van der Waals surface area (Å²) < 4.78 is 34.9. The lowest BCUT2D eigenvalue weighted by Gasteiger charge is -2.42. The Labute approximate surface area is 715 Å². The highest BCUT2D eigenvalue weighted by Crippen LogP contribution is 2.44. The highest BCUT2D eigenvalue weighted by Gasteiger charge is 2.41. The maximum absolute atomic E-state index is 14.8. The van der Waals surface area contributed by atoms with Crippen LogP contribution >= 0.6 is 0 Å². The van der Waals surface area contributed by atoms with Crippen molar-refractivity contribution in [3.63, 3.8) is 0 Å². The summed E-state index contributed by atoms with van der Waals surface area (Å²) in [4.78, 5) is 96.0. The minimum atomic E-state index is -0.530. The molecule has 28 nitrogen and oxygen atoms in total. The minimum absolute atomic E-state index is 0.0163. The van der Waals surface area contributed by atoms with Gasteiger partial charge in [0.25, 0.3) is 5.91 Å². The Hall–Kier alpha value is -11.7. The summed E-state index contributed by atoms with van der Waals surface area (Å²) in [6, 6.07) is 29.5. The van der Waals surface area contributed by atoms with Crippen LogP contribution in [0.5, 0.6) is 18.0 Å². The molecule has 7 aromatic rings. The molecule has 8 aliphatic heterocycles. The average Bonchev–Trinajstić information content (AvgIpc) is 1.18. The van der Waals surface area contributed by atoms with Crippen LogP contribution in [0.3, 0.4) is 0 Å². The van der Waals surface area contributed by atoms with Crippen LogP contribution in [-0.2, 0) is 46.7 Å². The number of fused-ring (bicyclic) bond motifs is 3. The molecule has 2 unspecified atom stereocenters. The second-order valence-electron chi connectivity index (χ2n) is 34.1. The Morgan fingerprint density at radius 1 is 0.574 bits per heavy atom. The van der Waals surface area contributed by atoms with Crippen molar-refractivity contribution >= 4 is 63.0 Å². The summed E-state index contributed by atoms with van der Waals surface area (Å²) in [5.74, 6) is 7.08. The zero-order valence-corrected chi connectivity index (χ0v) is 71.8. The number of ether oxygens (including phenoxy) is 3. The van der Waals surface area contributed by atoms with Gasteiger partial charge in [0.2, 0.25) is 11.8 Å². The van der Waals surface area contributed by atoms with Crippen molar-refractivity contribution in [1.29, 1.82) is 15.8 Å². The highest BCUT2D eigenvalue weighted by atomic mass is 19.1. The summed E-state index contributed by atoms with van der Waals surface area (Å²) in [6.07, 6.45) is 6.70. The van der Waals surface area contributed by atoms with E-state index >= 15 is 0 Å². The summed E-state index contributed by atoms with van der Waals surface area (Å²) in [5.41, 5.74) is 13.9. The number of aliphatic hydroxyl groups is 1. The van der Waals surface area contributed by atoms with Crippen LogP contribution in [0, 0.1) is 79.3 Å². The molecule has 15 rings (SSSR count). The van der Waals surface area contributed by atoms with E-state index in [1.54, 1.807) is 34.6 Å². The number of nitrogens with zero attached hydrogens (tertiary/aromatic N) is 21. The smallest absolute Gasteiger partial charge is 0.318 e. The van der Waals surface area contributed by atoms with Crippen LogP contribution in [0.4, 0.5) is 38.9 Å². The van der Waals surface area contributed by atoms with E-state index in [1.165, 1.54) is 45.9 Å². The highest BCUT2D eigenvalue weighted by molar-refractivity contribution is 5.97. The number of benzene rings is 4. The average molecular weight is 1660 g/mol. The molecule has 3 aromatic heterocycles. The lowest BCUT2D eigenvalue weighted by molar-refractivity contribution is -0.129. The van der Waals surface area contributed by atoms with Crippen molar-refractivity contribution in [2.75, 3.05) is 176 Å². The largest absolute Gasteiger partial charge is 0.462 e. The summed E-state index contributed by atoms with van der Waals surface area (Å²) in [7, 11) is 8.25. The van der Waals surface area contributed by atoms with Gasteiger partial charge in [-0.15, -0.1) is 0 Å². The molecule has 0 saturated carbocycles. The van der Waals surface area contributed by atoms with Crippen LogP contribution in [0.2, 0.25) is 0 Å². The number of carbonyl (C=O) groups is 3. The van der Waals surface area contributed by atoms with Crippen LogP contribution in [0.15, 0.2) is 92.0 Å². The van der Waals surface area contributed by atoms with Gasteiger partial charge in [-0.2, -0.15) is 40.7 Å². The Bertz CT molecular complexity index is 5320. The first-order chi connectivity index (χ1) is 59.0. The fraction of sp³-hybridized carbons (Fsp3) is 0.505. The number of piperazine rings is 3. The van der Waals surface area contributed by atoms with Gasteiger partial charge in [-0.3, -0.25) is 29.1 Å². The predicted octanol–water partition coefficient (Wildman–Crippen LogP) is 8.75. The third kappa shape index (κ3) is 17.8. The molecule has 3 amide bonds. The van der Waals surface area contributed by atoms with Crippen LogP contribution < -0.4 is 43.6 Å². The molecule has 0 spiro atoms. The third-order valence-electron chi connectivity index (χ3n) is 26.8. The Morgan fingerprint density at radius 2 is 1.11 bits per heavy atom. The lowest BCUT2D eigenvalue weighted by atomic mass is 9.90. The number of likely N-dealkylation sites (N-methyl/N-ethyl adjacent to an activating group) is 4. The number of aromatic nitrogens is 6.